The van der Waals surface area contributed by atoms with Crippen LogP contribution in [0.5, 0.6) is 5.75 Å². The Balaban J connectivity index is 1.24. The molecule has 2 heterocycles. The highest BCUT2D eigenvalue weighted by atomic mass is 19.1. The van der Waals surface area contributed by atoms with Crippen molar-refractivity contribution in [2.24, 2.45) is 0 Å². The normalized spacial score (nSPS) is 25.3. The van der Waals surface area contributed by atoms with Crippen LogP contribution in [0.3, 0.4) is 0 Å². The molecule has 0 bridgehead atoms. The molecule has 9 heteroatoms. The smallest absolute Gasteiger partial charge is 0.323 e. The largest absolute Gasteiger partial charge is 0.487 e. The van der Waals surface area contributed by atoms with Gasteiger partial charge < -0.3 is 30.5 Å². The van der Waals surface area contributed by atoms with E-state index in [-0.39, 0.29) is 48.9 Å². The minimum atomic E-state index is -0.540. The van der Waals surface area contributed by atoms with E-state index in [1.165, 1.54) is 30.7 Å². The molecule has 8 nitrogen and oxygen atoms in total. The lowest BCUT2D eigenvalue weighted by molar-refractivity contribution is -0.142. The fraction of sp³-hybridized carbons (Fsp3) is 0.481. The van der Waals surface area contributed by atoms with Crippen LogP contribution in [0.2, 0.25) is 0 Å². The minimum absolute atomic E-state index is 0.0194. The van der Waals surface area contributed by atoms with E-state index in [0.717, 1.165) is 31.2 Å². The van der Waals surface area contributed by atoms with Crippen LogP contribution in [0.25, 0.3) is 0 Å². The second-order valence-electron chi connectivity index (χ2n) is 9.85. The number of hydrogen-bond donors (Lipinski definition) is 4. The summed E-state index contributed by atoms with van der Waals surface area (Å²) >= 11 is 0. The molecule has 192 valence electrons. The summed E-state index contributed by atoms with van der Waals surface area (Å²) in [7, 11) is 0. The van der Waals surface area contributed by atoms with Gasteiger partial charge in [0.15, 0.2) is 0 Å². The zero-order valence-corrected chi connectivity index (χ0v) is 20.0. The van der Waals surface area contributed by atoms with Crippen LogP contribution >= 0.6 is 0 Å². The molecule has 5 rings (SSSR count). The summed E-state index contributed by atoms with van der Waals surface area (Å²) in [5.74, 6) is 0.217. The Labute approximate surface area is 209 Å². The summed E-state index contributed by atoms with van der Waals surface area (Å²) in [5, 5.41) is 18.6. The van der Waals surface area contributed by atoms with Crippen molar-refractivity contribution in [3.05, 3.63) is 53.8 Å². The third kappa shape index (κ3) is 5.63. The number of nitrogens with one attached hydrogen (secondary N) is 3. The lowest BCUT2D eigenvalue weighted by Gasteiger charge is -2.37. The van der Waals surface area contributed by atoms with E-state index in [9.17, 15) is 19.1 Å². The van der Waals surface area contributed by atoms with Gasteiger partial charge in [0.05, 0.1) is 19.1 Å². The van der Waals surface area contributed by atoms with Crippen LogP contribution in [0, 0.1) is 5.82 Å². The Hall–Kier alpha value is -3.17. The molecule has 0 radical (unpaired) electrons. The van der Waals surface area contributed by atoms with Crippen molar-refractivity contribution in [2.45, 2.75) is 75.2 Å². The van der Waals surface area contributed by atoms with E-state index in [1.807, 2.05) is 6.07 Å². The van der Waals surface area contributed by atoms with E-state index in [2.05, 4.69) is 16.0 Å². The second kappa shape index (κ2) is 10.8. The van der Waals surface area contributed by atoms with Crippen molar-refractivity contribution in [3.63, 3.8) is 0 Å². The number of ether oxygens (including phenoxy) is 2. The van der Waals surface area contributed by atoms with E-state index < -0.39 is 12.1 Å². The molecule has 3 amide bonds. The average Bonchev–Trinajstić information content (AvgIpc) is 3.23. The third-order valence-electron chi connectivity index (χ3n) is 7.24. The van der Waals surface area contributed by atoms with Crippen molar-refractivity contribution in [1.82, 2.24) is 5.32 Å². The van der Waals surface area contributed by atoms with Crippen molar-refractivity contribution >= 4 is 23.3 Å². The Morgan fingerprint density at radius 2 is 1.72 bits per heavy atom. The first-order valence-corrected chi connectivity index (χ1v) is 12.7. The van der Waals surface area contributed by atoms with Crippen LogP contribution in [0.15, 0.2) is 42.5 Å². The second-order valence-corrected chi connectivity index (χ2v) is 9.85. The van der Waals surface area contributed by atoms with Crippen molar-refractivity contribution in [1.29, 1.82) is 0 Å². The molecule has 4 N–H and O–H groups in total. The Bertz CT molecular complexity index is 1090. The molecule has 2 aliphatic heterocycles. The highest BCUT2D eigenvalue weighted by molar-refractivity contribution is 5.99. The topological polar surface area (TPSA) is 109 Å². The zero-order valence-electron chi connectivity index (χ0n) is 20.0. The number of carbonyl (C=O) groups is 2. The SMILES string of the molecule is O=C(C[C@H]1C[C@@H]2c3cc(NC(=O)Nc4ccc(F)cc4)ccc3O[C@@H]2[C@@H](CO)O1)NC1CCCCC1. The number of rotatable bonds is 6. The number of carbonyl (C=O) groups excluding carboxylic acids is 2. The number of aliphatic hydroxyl groups excluding tert-OH is 1. The standard InChI is InChI=1S/C27H32FN3O5/c28-16-6-8-18(9-7-16)30-27(34)31-19-10-11-23-21(12-19)22-13-20(35-24(15-32)26(22)36-23)14-25(33)29-17-4-2-1-3-5-17/h6-12,17,20,22,24,26,32H,1-5,13-15H2,(H,29,33)(H2,30,31,34)/t20-,22-,24-,26+/m1/s1. The maximum atomic E-state index is 13.1. The maximum Gasteiger partial charge on any atom is 0.323 e. The van der Waals surface area contributed by atoms with E-state index >= 15 is 0 Å². The molecule has 1 saturated carbocycles. The van der Waals surface area contributed by atoms with Gasteiger partial charge in [-0.15, -0.1) is 0 Å². The molecular weight excluding hydrogens is 465 g/mol. The van der Waals surface area contributed by atoms with Gasteiger partial charge in [0.2, 0.25) is 5.91 Å². The molecule has 36 heavy (non-hydrogen) atoms. The molecule has 0 spiro atoms. The van der Waals surface area contributed by atoms with Crippen LogP contribution in [0.1, 0.15) is 56.4 Å². The molecular formula is C27H32FN3O5. The number of benzene rings is 2. The first kappa shape index (κ1) is 24.5. The quantitative estimate of drug-likeness (QED) is 0.476. The first-order chi connectivity index (χ1) is 17.5. The van der Waals surface area contributed by atoms with Gasteiger partial charge in [-0.05, 0) is 61.7 Å². The number of fused-ring (bicyclic) bond motifs is 3. The number of amides is 3. The summed E-state index contributed by atoms with van der Waals surface area (Å²) in [6.45, 7) is -0.207. The molecule has 2 aromatic carbocycles. The fourth-order valence-corrected chi connectivity index (χ4v) is 5.53. The molecule has 4 atom stereocenters. The fourth-order valence-electron chi connectivity index (χ4n) is 5.53. The number of anilines is 2. The maximum absolute atomic E-state index is 13.1. The predicted octanol–water partition coefficient (Wildman–Crippen LogP) is 4.30. The van der Waals surface area contributed by atoms with Gasteiger partial charge in [-0.2, -0.15) is 0 Å². The molecule has 2 fully saturated rings. The van der Waals surface area contributed by atoms with E-state index in [0.29, 0.717) is 23.5 Å². The molecule has 0 aromatic heterocycles. The molecule has 2 aromatic rings. The Morgan fingerprint density at radius 3 is 2.47 bits per heavy atom. The van der Waals surface area contributed by atoms with Gasteiger partial charge in [0.25, 0.3) is 0 Å². The van der Waals surface area contributed by atoms with Crippen LogP contribution in [0.4, 0.5) is 20.6 Å². The average molecular weight is 498 g/mol. The summed E-state index contributed by atoms with van der Waals surface area (Å²) in [5.41, 5.74) is 1.97. The van der Waals surface area contributed by atoms with Crippen LogP contribution < -0.4 is 20.7 Å². The predicted molar refractivity (Wildman–Crippen MR) is 133 cm³/mol. The van der Waals surface area contributed by atoms with E-state index in [4.69, 9.17) is 9.47 Å². The summed E-state index contributed by atoms with van der Waals surface area (Å²) in [6.07, 6.45) is 5.15. The van der Waals surface area contributed by atoms with Gasteiger partial charge in [-0.3, -0.25) is 4.79 Å². The van der Waals surface area contributed by atoms with Crippen LogP contribution in [-0.4, -0.2) is 48.0 Å². The van der Waals surface area contributed by atoms with Gasteiger partial charge in [0.1, 0.15) is 23.8 Å². The summed E-state index contributed by atoms with van der Waals surface area (Å²) in [6, 6.07) is 10.7. The third-order valence-corrected chi connectivity index (χ3v) is 7.24. The lowest BCUT2D eigenvalue weighted by atomic mass is 9.84. The number of aliphatic hydroxyl groups is 1. The number of hydrogen-bond acceptors (Lipinski definition) is 5. The van der Waals surface area contributed by atoms with Gasteiger partial charge in [-0.1, -0.05) is 19.3 Å². The number of halogens is 1. The van der Waals surface area contributed by atoms with Crippen molar-refractivity contribution in [2.75, 3.05) is 17.2 Å². The van der Waals surface area contributed by atoms with Crippen molar-refractivity contribution < 1.29 is 28.6 Å². The van der Waals surface area contributed by atoms with Gasteiger partial charge in [-0.25, -0.2) is 9.18 Å². The Morgan fingerprint density at radius 1 is 1.00 bits per heavy atom. The molecule has 3 aliphatic rings. The van der Waals surface area contributed by atoms with Gasteiger partial charge in [0, 0.05) is 28.9 Å². The number of urea groups is 1. The summed E-state index contributed by atoms with van der Waals surface area (Å²) in [4.78, 5) is 25.1. The first-order valence-electron chi connectivity index (χ1n) is 12.7. The van der Waals surface area contributed by atoms with Crippen LogP contribution in [-0.2, 0) is 9.53 Å². The molecule has 1 saturated heterocycles. The van der Waals surface area contributed by atoms with Crippen molar-refractivity contribution in [3.8, 4) is 5.75 Å². The monoisotopic (exact) mass is 497 g/mol. The molecule has 1 aliphatic carbocycles. The van der Waals surface area contributed by atoms with E-state index in [1.54, 1.807) is 12.1 Å². The minimum Gasteiger partial charge on any atom is -0.487 e. The highest BCUT2D eigenvalue weighted by Gasteiger charge is 2.46. The Kier molecular flexibility index (Phi) is 7.38. The lowest BCUT2D eigenvalue weighted by Crippen LogP contribution is -2.48. The summed E-state index contributed by atoms with van der Waals surface area (Å²) < 4.78 is 25.3. The highest BCUT2D eigenvalue weighted by Crippen LogP contribution is 2.47. The zero-order chi connectivity index (χ0) is 25.1. The molecule has 0 unspecified atom stereocenters. The van der Waals surface area contributed by atoms with Gasteiger partial charge >= 0.3 is 6.03 Å².